The minimum Gasteiger partial charge on any atom is -0.495 e. The number of methoxy groups -OCH3 is 1. The van der Waals surface area contributed by atoms with Gasteiger partial charge in [-0.2, -0.15) is 16.7 Å². The van der Waals surface area contributed by atoms with Crippen molar-refractivity contribution in [2.24, 2.45) is 5.92 Å². The molecule has 2 aromatic carbocycles. The van der Waals surface area contributed by atoms with Gasteiger partial charge in [0.05, 0.1) is 47.8 Å². The average molecular weight is 981 g/mol. The van der Waals surface area contributed by atoms with Gasteiger partial charge in [-0.3, -0.25) is 19.2 Å². The fraction of sp³-hybridized carbons (Fsp3) is 0.511. The summed E-state index contributed by atoms with van der Waals surface area (Å²) in [5.74, 6) is 0.228. The van der Waals surface area contributed by atoms with Crippen molar-refractivity contribution in [3.63, 3.8) is 0 Å². The molecule has 0 radical (unpaired) electrons. The number of nitrogens with zero attached hydrogens (tertiary/aromatic N) is 5. The van der Waals surface area contributed by atoms with E-state index in [1.807, 2.05) is 49.9 Å². The Hall–Kier alpha value is -5.08. The molecule has 3 fully saturated rings. The first-order valence-electron chi connectivity index (χ1n) is 22.5. The Balaban J connectivity index is 0.867. The van der Waals surface area contributed by atoms with E-state index in [2.05, 4.69) is 36.2 Å². The number of rotatable bonds is 20. The molecule has 0 bridgehead atoms. The number of anilines is 3. The van der Waals surface area contributed by atoms with E-state index in [9.17, 15) is 24.3 Å². The molecule has 4 aromatic rings. The van der Waals surface area contributed by atoms with E-state index in [4.69, 9.17) is 21.1 Å². The summed E-state index contributed by atoms with van der Waals surface area (Å²) in [6.45, 7) is 7.81. The molecule has 7 rings (SSSR count). The summed E-state index contributed by atoms with van der Waals surface area (Å²) < 4.78 is 25.7. The second-order valence-corrected chi connectivity index (χ2v) is 20.7. The highest BCUT2D eigenvalue weighted by atomic mass is 35.5. The third kappa shape index (κ3) is 12.3. The van der Waals surface area contributed by atoms with Crippen LogP contribution in [0, 0.1) is 12.8 Å². The van der Waals surface area contributed by atoms with Crippen LogP contribution < -0.4 is 26.0 Å². The number of alkyl halides is 1. The van der Waals surface area contributed by atoms with Gasteiger partial charge in [-0.1, -0.05) is 35.9 Å². The van der Waals surface area contributed by atoms with Crippen molar-refractivity contribution in [3.8, 4) is 16.2 Å². The second kappa shape index (κ2) is 21.9. The Morgan fingerprint density at radius 3 is 2.51 bits per heavy atom. The third-order valence-electron chi connectivity index (χ3n) is 12.6. The van der Waals surface area contributed by atoms with Gasteiger partial charge in [-0.25, -0.2) is 14.4 Å². The Bertz CT molecular complexity index is 2400. The summed E-state index contributed by atoms with van der Waals surface area (Å²) >= 11 is 9.09. The maximum atomic E-state index is 15.0. The van der Waals surface area contributed by atoms with E-state index < -0.39 is 46.3 Å². The molecule has 3 atom stereocenters. The van der Waals surface area contributed by atoms with Crippen molar-refractivity contribution in [2.45, 2.75) is 94.4 Å². The summed E-state index contributed by atoms with van der Waals surface area (Å²) in [6.07, 6.45) is 3.23. The second-order valence-electron chi connectivity index (χ2n) is 17.7. The smallest absolute Gasteiger partial charge is 0.258 e. The Kier molecular flexibility index (Phi) is 16.3. The zero-order valence-electron chi connectivity index (χ0n) is 38.4. The van der Waals surface area contributed by atoms with Crippen LogP contribution in [-0.4, -0.2) is 135 Å². The lowest BCUT2D eigenvalue weighted by Crippen LogP contribution is -2.61. The number of thioether (sulfide) groups is 1. The van der Waals surface area contributed by atoms with E-state index >= 15 is 4.39 Å². The lowest BCUT2D eigenvalue weighted by atomic mass is 9.93. The first kappa shape index (κ1) is 49.8. The number of halogens is 2. The van der Waals surface area contributed by atoms with Gasteiger partial charge in [-0.15, -0.1) is 11.3 Å². The van der Waals surface area contributed by atoms with Gasteiger partial charge in [0.2, 0.25) is 17.8 Å². The number of hydrogen-bond acceptors (Lipinski definition) is 14. The van der Waals surface area contributed by atoms with Gasteiger partial charge in [0.25, 0.3) is 11.8 Å². The fourth-order valence-corrected chi connectivity index (χ4v) is 10.4. The Labute approximate surface area is 403 Å². The molecule has 0 spiro atoms. The van der Waals surface area contributed by atoms with Crippen molar-refractivity contribution in [1.82, 2.24) is 35.4 Å². The molecule has 1 aliphatic carbocycles. The molecule has 2 saturated heterocycles. The maximum Gasteiger partial charge on any atom is 0.258 e. The molecular formula is C47H59ClFN9O7S2. The van der Waals surface area contributed by atoms with Crippen LogP contribution in [0.2, 0.25) is 5.02 Å². The molecule has 1 saturated carbocycles. The zero-order valence-corrected chi connectivity index (χ0v) is 40.8. The molecule has 2 aromatic heterocycles. The van der Waals surface area contributed by atoms with E-state index in [1.54, 1.807) is 42.1 Å². The SMILES string of the molecule is CNc1nc(Nc2ccc(C(=O)N3CCC(CCOCCSC(C)(C)C(NC(=O)C4(F)CC4)C(=O)N4C[C@H](O)C[C@H]4C(=O)NCc4ccc(-c5scnc5C)cc4)CC3)cc2OC)ncc1Cl. The van der Waals surface area contributed by atoms with Crippen molar-refractivity contribution in [3.05, 3.63) is 76.0 Å². The maximum absolute atomic E-state index is 15.0. The molecule has 67 heavy (non-hydrogen) atoms. The van der Waals surface area contributed by atoms with Crippen LogP contribution in [-0.2, 0) is 25.7 Å². The highest BCUT2D eigenvalue weighted by Gasteiger charge is 2.54. The Morgan fingerprint density at radius 1 is 1.09 bits per heavy atom. The topological polar surface area (TPSA) is 200 Å². The van der Waals surface area contributed by atoms with Crippen LogP contribution >= 0.6 is 34.7 Å². The number of carbonyl (C=O) groups is 4. The molecular weight excluding hydrogens is 921 g/mol. The van der Waals surface area contributed by atoms with Crippen LogP contribution in [0.4, 0.5) is 21.8 Å². The summed E-state index contributed by atoms with van der Waals surface area (Å²) in [6, 6.07) is 10.9. The zero-order chi connectivity index (χ0) is 47.9. The van der Waals surface area contributed by atoms with Crippen molar-refractivity contribution >= 4 is 75.8 Å². The summed E-state index contributed by atoms with van der Waals surface area (Å²) in [5.41, 5.74) is 3.73. The molecule has 2 aliphatic heterocycles. The van der Waals surface area contributed by atoms with Crippen LogP contribution in [0.15, 0.2) is 54.2 Å². The van der Waals surface area contributed by atoms with Crippen LogP contribution in [0.5, 0.6) is 5.75 Å². The van der Waals surface area contributed by atoms with Gasteiger partial charge in [0, 0.05) is 62.3 Å². The molecule has 360 valence electrons. The van der Waals surface area contributed by atoms with Crippen molar-refractivity contribution in [1.29, 1.82) is 0 Å². The van der Waals surface area contributed by atoms with Crippen molar-refractivity contribution in [2.75, 3.05) is 63.4 Å². The summed E-state index contributed by atoms with van der Waals surface area (Å²) in [4.78, 5) is 71.8. The largest absolute Gasteiger partial charge is 0.495 e. The highest BCUT2D eigenvalue weighted by molar-refractivity contribution is 8.00. The van der Waals surface area contributed by atoms with Gasteiger partial charge in [0.1, 0.15) is 28.7 Å². The van der Waals surface area contributed by atoms with E-state index in [0.717, 1.165) is 41.0 Å². The first-order valence-corrected chi connectivity index (χ1v) is 24.7. The number of ether oxygens (including phenoxy) is 2. The standard InChI is InChI=1S/C47H59ClFN9O7S2/c1-28-38(66-27-53-28)31-8-6-30(7-9-31)24-51-41(60)36-23-33(59)26-58(36)43(62)39(55-44(63)47(49)15-16-47)46(2,3)67-21-20-65-19-14-29-12-17-57(18-13-29)42(61)32-10-11-35(37(22-32)64-5)54-45-52-25-34(48)40(50-4)56-45/h6-11,22,25,27,29,33,36,39,59H,12-21,23-24,26H2,1-5H3,(H,51,60)(H,55,63)(H2,50,52,54,56)/t33-,36+,39?/m1/s1. The first-order chi connectivity index (χ1) is 32.1. The van der Waals surface area contributed by atoms with Gasteiger partial charge >= 0.3 is 0 Å². The highest BCUT2D eigenvalue weighted by Crippen LogP contribution is 2.41. The number of benzene rings is 2. The predicted molar refractivity (Wildman–Crippen MR) is 259 cm³/mol. The van der Waals surface area contributed by atoms with Gasteiger partial charge in [0.15, 0.2) is 5.67 Å². The molecule has 5 N–H and O–H groups in total. The number of nitrogens with one attached hydrogen (secondary N) is 4. The van der Waals surface area contributed by atoms with Crippen LogP contribution in [0.1, 0.15) is 74.0 Å². The molecule has 3 aliphatic rings. The number of aliphatic hydroxyl groups excluding tert-OH is 1. The summed E-state index contributed by atoms with van der Waals surface area (Å²) in [7, 11) is 3.25. The lowest BCUT2D eigenvalue weighted by molar-refractivity contribution is -0.143. The number of likely N-dealkylation sites (tertiary alicyclic amines) is 2. The Morgan fingerprint density at radius 2 is 1.84 bits per heavy atom. The monoisotopic (exact) mass is 979 g/mol. The average Bonchev–Trinajstić information content (AvgIpc) is 3.74. The number of aliphatic hydroxyl groups is 1. The minimum absolute atomic E-state index is 0.0356. The van der Waals surface area contributed by atoms with E-state index in [0.29, 0.717) is 71.8 Å². The fourth-order valence-electron chi connectivity index (χ4n) is 8.32. The van der Waals surface area contributed by atoms with E-state index in [-0.39, 0.29) is 38.3 Å². The van der Waals surface area contributed by atoms with Crippen LogP contribution in [0.25, 0.3) is 10.4 Å². The molecule has 4 amide bonds. The molecule has 4 heterocycles. The number of aromatic nitrogens is 3. The van der Waals surface area contributed by atoms with Crippen LogP contribution in [0.3, 0.4) is 0 Å². The van der Waals surface area contributed by atoms with Crippen molar-refractivity contribution < 1.29 is 38.1 Å². The quantitative estimate of drug-likeness (QED) is 0.0611. The molecule has 1 unspecified atom stereocenters. The number of hydrogen-bond donors (Lipinski definition) is 5. The number of β-amino-alcohol motifs (C(OH)–C–C–N with tert-alkyl or cyclic N) is 1. The van der Waals surface area contributed by atoms with Gasteiger partial charge < -0.3 is 45.6 Å². The minimum atomic E-state index is -2.02. The summed E-state index contributed by atoms with van der Waals surface area (Å²) in [5, 5.41) is 22.8. The lowest BCUT2D eigenvalue weighted by Gasteiger charge is -2.37. The number of aryl methyl sites for hydroxylation is 1. The third-order valence-corrected chi connectivity index (χ3v) is 15.2. The normalized spacial score (nSPS) is 18.6. The number of thiazole rings is 1. The molecule has 16 nitrogen and oxygen atoms in total. The predicted octanol–water partition coefficient (Wildman–Crippen LogP) is 6.39. The van der Waals surface area contributed by atoms with E-state index in [1.165, 1.54) is 30.0 Å². The number of carbonyl (C=O) groups excluding carboxylic acids is 4. The number of piperidine rings is 1. The number of amides is 4. The van der Waals surface area contributed by atoms with Gasteiger partial charge in [-0.05, 0) is 88.1 Å². The molecule has 20 heteroatoms.